The van der Waals surface area contributed by atoms with E-state index in [4.69, 9.17) is 4.74 Å². The van der Waals surface area contributed by atoms with Crippen LogP contribution in [-0.2, 0) is 26.0 Å². The van der Waals surface area contributed by atoms with Crippen molar-refractivity contribution in [1.82, 2.24) is 10.2 Å². The van der Waals surface area contributed by atoms with E-state index in [1.165, 1.54) is 24.1 Å². The lowest BCUT2D eigenvalue weighted by atomic mass is 10.1. The minimum atomic E-state index is -4.16. The number of hydrogen-bond acceptors (Lipinski definition) is 5. The van der Waals surface area contributed by atoms with Crippen LogP contribution in [0.1, 0.15) is 39.7 Å². The van der Waals surface area contributed by atoms with Crippen LogP contribution in [0.4, 0.5) is 5.69 Å². The molecule has 40 heavy (non-hydrogen) atoms. The molecule has 1 atom stereocenters. The fraction of sp³-hybridized carbons (Fsp3) is 0.355. The van der Waals surface area contributed by atoms with Gasteiger partial charge in [-0.25, -0.2) is 8.42 Å². The average Bonchev–Trinajstić information content (AvgIpc) is 2.93. The molecule has 8 nitrogen and oxygen atoms in total. The Morgan fingerprint density at radius 1 is 0.900 bits per heavy atom. The predicted octanol–water partition coefficient (Wildman–Crippen LogP) is 4.66. The molecule has 214 valence electrons. The Morgan fingerprint density at radius 3 is 2.05 bits per heavy atom. The van der Waals surface area contributed by atoms with Gasteiger partial charge in [0.1, 0.15) is 18.3 Å². The number of nitrogens with zero attached hydrogens (tertiary/aromatic N) is 2. The van der Waals surface area contributed by atoms with E-state index in [9.17, 15) is 18.0 Å². The third kappa shape index (κ3) is 7.85. The van der Waals surface area contributed by atoms with Crippen molar-refractivity contribution in [3.8, 4) is 5.75 Å². The number of methoxy groups -OCH3 is 1. The lowest BCUT2D eigenvalue weighted by Gasteiger charge is -2.35. The van der Waals surface area contributed by atoms with Crippen molar-refractivity contribution >= 4 is 27.5 Å². The first-order chi connectivity index (χ1) is 19.0. The standard InChI is InChI=1S/C31H39N3O5S/c1-6-26(30(36)32-31(2,3)4)33(22-21-24-15-9-7-10-16-24)29(35)23-34(27-19-13-14-20-28(27)39-5)40(37,38)25-17-11-8-12-18-25/h7-20,26H,6,21-23H2,1-5H3,(H,32,36)/t26-/m0/s1. The highest BCUT2D eigenvalue weighted by molar-refractivity contribution is 7.92. The van der Waals surface area contributed by atoms with Crippen LogP contribution < -0.4 is 14.4 Å². The van der Waals surface area contributed by atoms with Gasteiger partial charge in [0, 0.05) is 12.1 Å². The van der Waals surface area contributed by atoms with Crippen LogP contribution in [0.3, 0.4) is 0 Å². The Balaban J connectivity index is 2.04. The number of rotatable bonds is 12. The third-order valence-electron chi connectivity index (χ3n) is 6.33. The molecular weight excluding hydrogens is 526 g/mol. The number of sulfonamides is 1. The third-order valence-corrected chi connectivity index (χ3v) is 8.11. The van der Waals surface area contributed by atoms with Gasteiger partial charge >= 0.3 is 0 Å². The number of amides is 2. The molecule has 3 aromatic rings. The maximum Gasteiger partial charge on any atom is 0.264 e. The normalized spacial score (nSPS) is 12.3. The second-order valence-electron chi connectivity index (χ2n) is 10.5. The summed E-state index contributed by atoms with van der Waals surface area (Å²) in [5.74, 6) is -0.466. The van der Waals surface area contributed by atoms with Gasteiger partial charge in [0.05, 0.1) is 17.7 Å². The molecule has 2 amide bonds. The van der Waals surface area contributed by atoms with E-state index in [1.807, 2.05) is 58.0 Å². The Morgan fingerprint density at radius 2 is 1.48 bits per heavy atom. The number of carbonyl (C=O) groups is 2. The van der Waals surface area contributed by atoms with Gasteiger partial charge in [0.25, 0.3) is 10.0 Å². The summed E-state index contributed by atoms with van der Waals surface area (Å²) in [6.07, 6.45) is 0.870. The maximum atomic E-state index is 14.1. The van der Waals surface area contributed by atoms with Crippen molar-refractivity contribution < 1.29 is 22.7 Å². The molecule has 0 spiro atoms. The second-order valence-corrected chi connectivity index (χ2v) is 12.3. The molecule has 0 fully saturated rings. The molecule has 0 unspecified atom stereocenters. The molecule has 0 aliphatic carbocycles. The van der Waals surface area contributed by atoms with Crippen LogP contribution >= 0.6 is 0 Å². The Hall–Kier alpha value is -3.85. The SMILES string of the molecule is CC[C@@H](C(=O)NC(C)(C)C)N(CCc1ccccc1)C(=O)CN(c1ccccc1OC)S(=O)(=O)c1ccccc1. The molecule has 0 heterocycles. The summed E-state index contributed by atoms with van der Waals surface area (Å²) < 4.78 is 34.4. The number of hydrogen-bond donors (Lipinski definition) is 1. The van der Waals surface area contributed by atoms with Crippen LogP contribution in [0, 0.1) is 0 Å². The van der Waals surface area contributed by atoms with E-state index >= 15 is 0 Å². The van der Waals surface area contributed by atoms with E-state index < -0.39 is 34.1 Å². The average molecular weight is 566 g/mol. The van der Waals surface area contributed by atoms with Gasteiger partial charge < -0.3 is 15.0 Å². The van der Waals surface area contributed by atoms with Crippen molar-refractivity contribution in [1.29, 1.82) is 0 Å². The van der Waals surface area contributed by atoms with E-state index in [0.717, 1.165) is 9.87 Å². The van der Waals surface area contributed by atoms with Gasteiger partial charge in [-0.1, -0.05) is 67.6 Å². The summed E-state index contributed by atoms with van der Waals surface area (Å²) in [4.78, 5) is 29.0. The van der Waals surface area contributed by atoms with Crippen molar-refractivity contribution in [2.45, 2.75) is 57.0 Å². The van der Waals surface area contributed by atoms with E-state index in [-0.39, 0.29) is 23.0 Å². The van der Waals surface area contributed by atoms with Gasteiger partial charge in [-0.3, -0.25) is 13.9 Å². The van der Waals surface area contributed by atoms with Crippen molar-refractivity contribution in [2.24, 2.45) is 0 Å². The Labute approximate surface area is 238 Å². The minimum absolute atomic E-state index is 0.0436. The Kier molecular flexibility index (Phi) is 10.3. The first-order valence-electron chi connectivity index (χ1n) is 13.3. The fourth-order valence-corrected chi connectivity index (χ4v) is 5.86. The zero-order valence-corrected chi connectivity index (χ0v) is 24.6. The first kappa shape index (κ1) is 30.7. The van der Waals surface area contributed by atoms with Crippen LogP contribution in [0.2, 0.25) is 0 Å². The summed E-state index contributed by atoms with van der Waals surface area (Å²) >= 11 is 0. The van der Waals surface area contributed by atoms with Gasteiger partial charge in [-0.05, 0) is 63.4 Å². The van der Waals surface area contributed by atoms with Crippen LogP contribution in [-0.4, -0.2) is 56.9 Å². The number of nitrogens with one attached hydrogen (secondary N) is 1. The second kappa shape index (κ2) is 13.5. The highest BCUT2D eigenvalue weighted by atomic mass is 32.2. The lowest BCUT2D eigenvalue weighted by molar-refractivity contribution is -0.140. The molecular formula is C31H39N3O5S. The molecule has 0 aromatic heterocycles. The van der Waals surface area contributed by atoms with Crippen molar-refractivity contribution in [3.05, 3.63) is 90.5 Å². The number of para-hydroxylation sites is 2. The van der Waals surface area contributed by atoms with Crippen LogP contribution in [0.25, 0.3) is 0 Å². The summed E-state index contributed by atoms with van der Waals surface area (Å²) in [5, 5.41) is 2.98. The zero-order chi connectivity index (χ0) is 29.3. The van der Waals surface area contributed by atoms with Crippen molar-refractivity contribution in [3.63, 3.8) is 0 Å². The quantitative estimate of drug-likeness (QED) is 0.345. The van der Waals surface area contributed by atoms with Crippen LogP contribution in [0.15, 0.2) is 89.8 Å². The number of ether oxygens (including phenoxy) is 1. The summed E-state index contributed by atoms with van der Waals surface area (Å²) in [7, 11) is -2.71. The van der Waals surface area contributed by atoms with Gasteiger partial charge in [0.15, 0.2) is 0 Å². The highest BCUT2D eigenvalue weighted by Gasteiger charge is 2.35. The Bertz CT molecular complexity index is 1370. The molecule has 0 saturated heterocycles. The molecule has 0 radical (unpaired) electrons. The first-order valence-corrected chi connectivity index (χ1v) is 14.8. The van der Waals surface area contributed by atoms with E-state index in [0.29, 0.717) is 18.6 Å². The molecule has 0 bridgehead atoms. The summed E-state index contributed by atoms with van der Waals surface area (Å²) in [6, 6.07) is 23.5. The highest BCUT2D eigenvalue weighted by Crippen LogP contribution is 2.32. The summed E-state index contributed by atoms with van der Waals surface area (Å²) in [6.45, 7) is 7.21. The van der Waals surface area contributed by atoms with Crippen molar-refractivity contribution in [2.75, 3.05) is 24.5 Å². The topological polar surface area (TPSA) is 96.0 Å². The van der Waals surface area contributed by atoms with Gasteiger partial charge in [-0.2, -0.15) is 0 Å². The van der Waals surface area contributed by atoms with E-state index in [2.05, 4.69) is 5.32 Å². The smallest absolute Gasteiger partial charge is 0.264 e. The van der Waals surface area contributed by atoms with Gasteiger partial charge in [-0.15, -0.1) is 0 Å². The molecule has 0 aliphatic rings. The molecule has 0 aliphatic heterocycles. The predicted molar refractivity (Wildman–Crippen MR) is 158 cm³/mol. The zero-order valence-electron chi connectivity index (χ0n) is 23.8. The maximum absolute atomic E-state index is 14.1. The minimum Gasteiger partial charge on any atom is -0.495 e. The molecule has 9 heteroatoms. The number of benzene rings is 3. The summed E-state index contributed by atoms with van der Waals surface area (Å²) in [5.41, 5.74) is 0.737. The number of carbonyl (C=O) groups excluding carboxylic acids is 2. The lowest BCUT2D eigenvalue weighted by Crippen LogP contribution is -2.56. The molecule has 0 saturated carbocycles. The van der Waals surface area contributed by atoms with Crippen LogP contribution in [0.5, 0.6) is 5.75 Å². The largest absolute Gasteiger partial charge is 0.495 e. The monoisotopic (exact) mass is 565 g/mol. The molecule has 1 N–H and O–H groups in total. The van der Waals surface area contributed by atoms with Gasteiger partial charge in [0.2, 0.25) is 11.8 Å². The number of anilines is 1. The van der Waals surface area contributed by atoms with E-state index in [1.54, 1.807) is 42.5 Å². The molecule has 3 rings (SSSR count). The fourth-order valence-electron chi connectivity index (χ4n) is 4.42. The molecule has 3 aromatic carbocycles.